The van der Waals surface area contributed by atoms with Crippen molar-refractivity contribution in [2.24, 2.45) is 0 Å². The van der Waals surface area contributed by atoms with E-state index in [9.17, 15) is 13.2 Å². The first-order chi connectivity index (χ1) is 14.9. The highest BCUT2D eigenvalue weighted by atomic mass is 32.2. The molecule has 1 aromatic heterocycles. The number of carbonyl (C=O) groups is 1. The molecular formula is C23H25N3O3S2. The van der Waals surface area contributed by atoms with Crippen molar-refractivity contribution in [3.63, 3.8) is 0 Å². The van der Waals surface area contributed by atoms with Crippen molar-refractivity contribution in [1.29, 1.82) is 0 Å². The third-order valence-electron chi connectivity index (χ3n) is 5.30. The lowest BCUT2D eigenvalue weighted by Gasteiger charge is -2.25. The number of hydrogen-bond acceptors (Lipinski definition) is 5. The van der Waals surface area contributed by atoms with E-state index in [1.54, 1.807) is 28.6 Å². The Morgan fingerprint density at radius 3 is 2.39 bits per heavy atom. The zero-order chi connectivity index (χ0) is 21.8. The van der Waals surface area contributed by atoms with Crippen LogP contribution in [0.2, 0.25) is 0 Å². The predicted molar refractivity (Wildman–Crippen MR) is 124 cm³/mol. The largest absolute Gasteiger partial charge is 0.326 e. The molecule has 162 valence electrons. The third kappa shape index (κ3) is 5.20. The number of amides is 1. The highest BCUT2D eigenvalue weighted by Gasteiger charge is 2.25. The zero-order valence-electron chi connectivity index (χ0n) is 17.4. The summed E-state index contributed by atoms with van der Waals surface area (Å²) in [5, 5.41) is 5.48. The maximum absolute atomic E-state index is 12.8. The molecule has 4 rings (SSSR count). The minimum absolute atomic E-state index is 0.118. The Bertz CT molecular complexity index is 1150. The van der Waals surface area contributed by atoms with Gasteiger partial charge in [0.25, 0.3) is 0 Å². The molecule has 31 heavy (non-hydrogen) atoms. The number of benzene rings is 2. The summed E-state index contributed by atoms with van der Waals surface area (Å²) in [6.07, 6.45) is 3.10. The van der Waals surface area contributed by atoms with Crippen LogP contribution in [0.5, 0.6) is 0 Å². The molecular weight excluding hydrogens is 430 g/mol. The number of piperidine rings is 1. The molecule has 0 radical (unpaired) electrons. The van der Waals surface area contributed by atoms with E-state index >= 15 is 0 Å². The summed E-state index contributed by atoms with van der Waals surface area (Å²) in [7, 11) is -3.44. The van der Waals surface area contributed by atoms with Crippen LogP contribution >= 0.6 is 11.3 Å². The van der Waals surface area contributed by atoms with Crippen LogP contribution in [0, 0.1) is 6.92 Å². The number of hydrogen-bond donors (Lipinski definition) is 1. The molecule has 1 aliphatic heterocycles. The van der Waals surface area contributed by atoms with Crippen LogP contribution in [-0.2, 0) is 21.2 Å². The molecule has 1 N–H and O–H groups in total. The van der Waals surface area contributed by atoms with Crippen LogP contribution in [-0.4, -0.2) is 36.7 Å². The highest BCUT2D eigenvalue weighted by Crippen LogP contribution is 2.26. The maximum atomic E-state index is 12.8. The second-order valence-electron chi connectivity index (χ2n) is 7.71. The van der Waals surface area contributed by atoms with E-state index in [1.165, 1.54) is 11.3 Å². The van der Waals surface area contributed by atoms with Crippen molar-refractivity contribution in [2.75, 3.05) is 18.4 Å². The van der Waals surface area contributed by atoms with Crippen molar-refractivity contribution in [3.05, 3.63) is 64.5 Å². The Labute approximate surface area is 187 Å². The number of nitrogens with zero attached hydrogens (tertiary/aromatic N) is 2. The molecule has 0 atom stereocenters. The van der Waals surface area contributed by atoms with E-state index in [-0.39, 0.29) is 12.3 Å². The maximum Gasteiger partial charge on any atom is 0.243 e. The molecule has 3 aromatic rings. The Kier molecular flexibility index (Phi) is 6.50. The molecule has 2 aromatic carbocycles. The highest BCUT2D eigenvalue weighted by molar-refractivity contribution is 7.89. The van der Waals surface area contributed by atoms with Gasteiger partial charge < -0.3 is 5.32 Å². The molecule has 1 aliphatic rings. The number of aromatic nitrogens is 1. The summed E-state index contributed by atoms with van der Waals surface area (Å²) < 4.78 is 27.2. The average molecular weight is 456 g/mol. The average Bonchev–Trinajstić information content (AvgIpc) is 3.24. The molecule has 0 saturated carbocycles. The smallest absolute Gasteiger partial charge is 0.243 e. The second kappa shape index (κ2) is 9.30. The fraction of sp³-hybridized carbons (Fsp3) is 0.304. The van der Waals surface area contributed by atoms with Gasteiger partial charge in [-0.25, -0.2) is 13.4 Å². The van der Waals surface area contributed by atoms with E-state index in [2.05, 4.69) is 10.3 Å². The molecule has 6 nitrogen and oxygen atoms in total. The van der Waals surface area contributed by atoms with E-state index in [1.807, 2.05) is 36.6 Å². The second-order valence-corrected chi connectivity index (χ2v) is 10.6. The van der Waals surface area contributed by atoms with Crippen LogP contribution in [0.15, 0.2) is 58.8 Å². The normalized spacial score (nSPS) is 15.0. The number of thiazole rings is 1. The lowest BCUT2D eigenvalue weighted by Crippen LogP contribution is -2.35. The van der Waals surface area contributed by atoms with Crippen molar-refractivity contribution in [3.8, 4) is 11.3 Å². The van der Waals surface area contributed by atoms with Gasteiger partial charge >= 0.3 is 0 Å². The lowest BCUT2D eigenvalue weighted by molar-refractivity contribution is -0.115. The minimum atomic E-state index is -3.44. The first-order valence-electron chi connectivity index (χ1n) is 10.3. The monoisotopic (exact) mass is 455 g/mol. The summed E-state index contributed by atoms with van der Waals surface area (Å²) >= 11 is 1.42. The lowest BCUT2D eigenvalue weighted by atomic mass is 10.2. The number of carbonyl (C=O) groups excluding carboxylic acids is 1. The van der Waals surface area contributed by atoms with E-state index in [0.717, 1.165) is 41.8 Å². The number of nitrogens with one attached hydrogen (secondary N) is 1. The first-order valence-corrected chi connectivity index (χ1v) is 12.7. The van der Waals surface area contributed by atoms with Crippen molar-refractivity contribution < 1.29 is 13.2 Å². The van der Waals surface area contributed by atoms with Crippen LogP contribution < -0.4 is 5.32 Å². The van der Waals surface area contributed by atoms with Crippen molar-refractivity contribution >= 4 is 33.0 Å². The molecule has 8 heteroatoms. The zero-order valence-corrected chi connectivity index (χ0v) is 19.0. The van der Waals surface area contributed by atoms with Gasteiger partial charge in [0.15, 0.2) is 0 Å². The van der Waals surface area contributed by atoms with Gasteiger partial charge in [-0.05, 0) is 44.0 Å². The van der Waals surface area contributed by atoms with E-state index in [4.69, 9.17) is 0 Å². The molecule has 1 fully saturated rings. The SMILES string of the molecule is Cc1ccc(NC(=O)Cc2nc(-c3ccc(S(=O)(=O)N4CCCCC4)cc3)cs2)cc1. The van der Waals surface area contributed by atoms with Crippen LogP contribution in [0.1, 0.15) is 29.8 Å². The van der Waals surface area contributed by atoms with Crippen molar-refractivity contribution in [1.82, 2.24) is 9.29 Å². The van der Waals surface area contributed by atoms with Gasteiger partial charge in [-0.15, -0.1) is 11.3 Å². The first kappa shape index (κ1) is 21.7. The third-order valence-corrected chi connectivity index (χ3v) is 8.06. The van der Waals surface area contributed by atoms with E-state index < -0.39 is 10.0 Å². The van der Waals surface area contributed by atoms with Gasteiger partial charge in [0, 0.05) is 29.7 Å². The van der Waals surface area contributed by atoms with Gasteiger partial charge in [-0.2, -0.15) is 4.31 Å². The summed E-state index contributed by atoms with van der Waals surface area (Å²) in [6, 6.07) is 14.5. The predicted octanol–water partition coefficient (Wildman–Crippen LogP) is 4.47. The molecule has 2 heterocycles. The molecule has 0 aliphatic carbocycles. The van der Waals surface area contributed by atoms with Gasteiger partial charge in [0.05, 0.1) is 17.0 Å². The molecule has 0 unspecified atom stereocenters. The molecule has 0 spiro atoms. The fourth-order valence-corrected chi connectivity index (χ4v) is 5.88. The molecule has 0 bridgehead atoms. The van der Waals surface area contributed by atoms with E-state index in [0.29, 0.717) is 23.0 Å². The number of anilines is 1. The standard InChI is InChI=1S/C23H25N3O3S2/c1-17-5-9-19(10-6-17)24-22(27)15-23-25-21(16-30-23)18-7-11-20(12-8-18)31(28,29)26-13-3-2-4-14-26/h5-12,16H,2-4,13-15H2,1H3,(H,24,27). The summed E-state index contributed by atoms with van der Waals surface area (Å²) in [5.74, 6) is -0.118. The van der Waals surface area contributed by atoms with Crippen molar-refractivity contribution in [2.45, 2.75) is 37.5 Å². The van der Waals surface area contributed by atoms with Gasteiger partial charge in [-0.3, -0.25) is 4.79 Å². The Hall–Kier alpha value is -2.55. The Balaban J connectivity index is 1.41. The summed E-state index contributed by atoms with van der Waals surface area (Å²) in [5.41, 5.74) is 3.47. The minimum Gasteiger partial charge on any atom is -0.326 e. The van der Waals surface area contributed by atoms with Gasteiger partial charge in [0.1, 0.15) is 5.01 Å². The Morgan fingerprint density at radius 2 is 1.71 bits per heavy atom. The molecule has 1 saturated heterocycles. The van der Waals surface area contributed by atoms with Crippen LogP contribution in [0.4, 0.5) is 5.69 Å². The van der Waals surface area contributed by atoms with Gasteiger partial charge in [-0.1, -0.05) is 36.2 Å². The molecule has 1 amide bonds. The van der Waals surface area contributed by atoms with Crippen LogP contribution in [0.3, 0.4) is 0 Å². The fourth-order valence-electron chi connectivity index (χ4n) is 3.56. The number of rotatable bonds is 6. The quantitative estimate of drug-likeness (QED) is 0.595. The topological polar surface area (TPSA) is 79.4 Å². The summed E-state index contributed by atoms with van der Waals surface area (Å²) in [6.45, 7) is 3.17. The Morgan fingerprint density at radius 1 is 1.03 bits per heavy atom. The van der Waals surface area contributed by atoms with Crippen LogP contribution in [0.25, 0.3) is 11.3 Å². The number of aryl methyl sites for hydroxylation is 1. The van der Waals surface area contributed by atoms with Gasteiger partial charge in [0.2, 0.25) is 15.9 Å². The summed E-state index contributed by atoms with van der Waals surface area (Å²) in [4.78, 5) is 17.2. The number of sulfonamides is 1.